The Balaban J connectivity index is 1.22. The maximum Gasteiger partial charge on any atom is 0.262 e. The number of amides is 4. The van der Waals surface area contributed by atoms with Crippen molar-refractivity contribution in [3.8, 4) is 20.9 Å². The van der Waals surface area contributed by atoms with Gasteiger partial charge in [-0.2, -0.15) is 0 Å². The predicted octanol–water partition coefficient (Wildman–Crippen LogP) is 16.9. The summed E-state index contributed by atoms with van der Waals surface area (Å²) in [6.45, 7) is 9.10. The quantitative estimate of drug-likeness (QED) is 0.0708. The van der Waals surface area contributed by atoms with Crippen molar-refractivity contribution in [1.82, 2.24) is 9.80 Å². The smallest absolute Gasteiger partial charge is 0.262 e. The van der Waals surface area contributed by atoms with E-state index in [1.807, 2.05) is 97.1 Å². The van der Waals surface area contributed by atoms with Gasteiger partial charge in [0.1, 0.15) is 10.0 Å². The van der Waals surface area contributed by atoms with Crippen LogP contribution in [0.4, 0.5) is 32.8 Å². The van der Waals surface area contributed by atoms with Gasteiger partial charge in [0.2, 0.25) is 0 Å². The van der Waals surface area contributed by atoms with Gasteiger partial charge in [0.25, 0.3) is 23.6 Å². The second-order valence-corrected chi connectivity index (χ2v) is 21.1. The molecule has 2 atom stereocenters. The molecule has 0 N–H and O–H groups in total. The third kappa shape index (κ3) is 9.07. The van der Waals surface area contributed by atoms with Crippen molar-refractivity contribution >= 4 is 89.8 Å². The molecule has 2 aromatic heterocycles. The van der Waals surface area contributed by atoms with Gasteiger partial charge in [-0.3, -0.25) is 29.0 Å². The molecule has 10 rings (SSSR count). The Labute approximate surface area is 431 Å². The van der Waals surface area contributed by atoms with Gasteiger partial charge in [-0.1, -0.05) is 139 Å². The van der Waals surface area contributed by atoms with Gasteiger partial charge in [-0.05, 0) is 110 Å². The molecule has 10 heteroatoms. The number of anilines is 6. The fourth-order valence-electron chi connectivity index (χ4n) is 10.5. The van der Waals surface area contributed by atoms with E-state index in [0.717, 1.165) is 93.9 Å². The summed E-state index contributed by atoms with van der Waals surface area (Å²) < 4.78 is 0. The molecule has 8 aromatic rings. The molecule has 0 saturated heterocycles. The molecule has 2 unspecified atom stereocenters. The summed E-state index contributed by atoms with van der Waals surface area (Å²) in [4.78, 5) is 70.8. The van der Waals surface area contributed by atoms with Crippen molar-refractivity contribution < 1.29 is 19.2 Å². The minimum Gasteiger partial charge on any atom is -0.302 e. The first-order chi connectivity index (χ1) is 35.2. The third-order valence-corrected chi connectivity index (χ3v) is 16.7. The van der Waals surface area contributed by atoms with Crippen molar-refractivity contribution in [2.24, 2.45) is 11.8 Å². The minimum atomic E-state index is -0.399. The number of imide groups is 2. The summed E-state index contributed by atoms with van der Waals surface area (Å²) in [5.74, 6) is -1.38. The zero-order chi connectivity index (χ0) is 49.9. The largest absolute Gasteiger partial charge is 0.302 e. The number of rotatable bonds is 20. The lowest BCUT2D eigenvalue weighted by Crippen LogP contribution is -2.46. The molecule has 2 aliphatic heterocycles. The first-order valence-corrected chi connectivity index (χ1v) is 27.3. The number of hydrogen-bond donors (Lipinski definition) is 0. The van der Waals surface area contributed by atoms with Crippen LogP contribution in [0.1, 0.15) is 120 Å². The van der Waals surface area contributed by atoms with Gasteiger partial charge in [0.05, 0.1) is 11.1 Å². The van der Waals surface area contributed by atoms with Gasteiger partial charge in [0, 0.05) is 78.6 Å². The van der Waals surface area contributed by atoms with Crippen LogP contribution in [0.25, 0.3) is 31.7 Å². The molecule has 6 aromatic carbocycles. The number of benzene rings is 6. The molecular formula is C62H60N4O4S2. The fraction of sp³-hybridized carbons (Fsp3) is 0.258. The van der Waals surface area contributed by atoms with Crippen LogP contribution in [0.5, 0.6) is 0 Å². The van der Waals surface area contributed by atoms with Crippen LogP contribution in [0.2, 0.25) is 0 Å². The topological polar surface area (TPSA) is 81.2 Å². The Morgan fingerprint density at radius 3 is 1.06 bits per heavy atom. The summed E-state index contributed by atoms with van der Waals surface area (Å²) in [5, 5.41) is 2.61. The van der Waals surface area contributed by atoms with Crippen LogP contribution in [-0.2, 0) is 0 Å². The number of carbonyl (C=O) groups is 4. The molecule has 2 aliphatic rings. The molecule has 0 fully saturated rings. The van der Waals surface area contributed by atoms with Gasteiger partial charge in [-0.25, -0.2) is 0 Å². The van der Waals surface area contributed by atoms with E-state index in [-0.39, 0.29) is 24.9 Å². The van der Waals surface area contributed by atoms with Crippen molar-refractivity contribution in [2.75, 3.05) is 22.9 Å². The maximum atomic E-state index is 15.6. The number of nitrogens with zero attached hydrogens (tertiary/aromatic N) is 4. The Hall–Kier alpha value is -7.14. The average molecular weight is 989 g/mol. The Bertz CT molecular complexity index is 2960. The number of carbonyl (C=O) groups excluding carboxylic acids is 4. The van der Waals surface area contributed by atoms with E-state index in [1.54, 1.807) is 0 Å². The molecule has 0 radical (unpaired) electrons. The molecule has 0 aliphatic carbocycles. The normalized spacial score (nSPS) is 14.1. The monoisotopic (exact) mass is 988 g/mol. The van der Waals surface area contributed by atoms with Gasteiger partial charge in [0.15, 0.2) is 0 Å². The van der Waals surface area contributed by atoms with Crippen LogP contribution in [0, 0.1) is 11.8 Å². The highest BCUT2D eigenvalue weighted by atomic mass is 32.1. The highest BCUT2D eigenvalue weighted by Gasteiger charge is 2.44. The molecule has 0 saturated carbocycles. The van der Waals surface area contributed by atoms with Crippen LogP contribution in [0.3, 0.4) is 0 Å². The predicted molar refractivity (Wildman–Crippen MR) is 297 cm³/mol. The van der Waals surface area contributed by atoms with Gasteiger partial charge >= 0.3 is 0 Å². The van der Waals surface area contributed by atoms with E-state index >= 15 is 19.2 Å². The van der Waals surface area contributed by atoms with Crippen molar-refractivity contribution in [1.29, 1.82) is 0 Å². The molecule has 8 nitrogen and oxygen atoms in total. The van der Waals surface area contributed by atoms with Crippen LogP contribution in [-0.4, -0.2) is 46.5 Å². The van der Waals surface area contributed by atoms with E-state index in [0.29, 0.717) is 44.2 Å². The summed E-state index contributed by atoms with van der Waals surface area (Å²) in [6, 6.07) is 52.6. The van der Waals surface area contributed by atoms with Gasteiger partial charge < -0.3 is 9.80 Å². The molecule has 0 bridgehead atoms. The lowest BCUT2D eigenvalue weighted by atomic mass is 9.80. The number of unbranched alkanes of at least 4 members (excludes halogenated alkanes) is 2. The standard InChI is InChI=1S/C62H60N4O4S2/c1-5-9-23-41(7-3)39-63-59(67)49-37-48(52-34-36-54(72-52)66(45-29-19-13-20-30-45)46-31-21-14-22-32-46)58-56-50(60(68)64(62(58)70)40-42(8-4)24-10-6-2)38-47(57(55(49)56)61(63)69)51-33-35-53(71-51)65(43-25-15-11-16-26-43)44-27-17-12-18-28-44/h11-22,25-38,41-42H,5-10,23-24,39-40H2,1-4H3. The summed E-state index contributed by atoms with van der Waals surface area (Å²) in [7, 11) is 0. The van der Waals surface area contributed by atoms with Crippen molar-refractivity contribution in [3.63, 3.8) is 0 Å². The lowest BCUT2D eigenvalue weighted by Gasteiger charge is -2.36. The summed E-state index contributed by atoms with van der Waals surface area (Å²) >= 11 is 3.06. The number of thiophene rings is 2. The minimum absolute atomic E-state index is 0.103. The van der Waals surface area contributed by atoms with Crippen LogP contribution in [0.15, 0.2) is 158 Å². The molecule has 364 valence electrons. The van der Waals surface area contributed by atoms with E-state index in [9.17, 15) is 0 Å². The van der Waals surface area contributed by atoms with Crippen molar-refractivity contribution in [3.05, 3.63) is 180 Å². The third-order valence-electron chi connectivity index (χ3n) is 14.5. The summed E-state index contributed by atoms with van der Waals surface area (Å²) in [5.41, 5.74) is 6.44. The molecule has 4 heterocycles. The molecule has 4 amide bonds. The zero-order valence-corrected chi connectivity index (χ0v) is 43.1. The maximum absolute atomic E-state index is 15.6. The second kappa shape index (κ2) is 21.3. The number of para-hydroxylation sites is 4. The Morgan fingerprint density at radius 2 is 0.750 bits per heavy atom. The number of hydrogen-bond acceptors (Lipinski definition) is 8. The molecule has 72 heavy (non-hydrogen) atoms. The Kier molecular flexibility index (Phi) is 14.3. The second-order valence-electron chi connectivity index (χ2n) is 19.0. The average Bonchev–Trinajstić information content (AvgIpc) is 4.11. The summed E-state index contributed by atoms with van der Waals surface area (Å²) in [6.07, 6.45) is 7.39. The van der Waals surface area contributed by atoms with E-state index in [1.165, 1.54) is 32.5 Å². The van der Waals surface area contributed by atoms with Gasteiger partial charge in [-0.15, -0.1) is 22.7 Å². The van der Waals surface area contributed by atoms with Crippen molar-refractivity contribution in [2.45, 2.75) is 79.1 Å². The highest BCUT2D eigenvalue weighted by molar-refractivity contribution is 7.20. The first kappa shape index (κ1) is 48.5. The first-order valence-electron chi connectivity index (χ1n) is 25.6. The van der Waals surface area contributed by atoms with E-state index < -0.39 is 23.6 Å². The molecule has 0 spiro atoms. The van der Waals surface area contributed by atoms with E-state index in [4.69, 9.17) is 0 Å². The lowest BCUT2D eigenvalue weighted by molar-refractivity contribution is 0.0559. The SMILES string of the molecule is CCCCC(CC)CN1C(=O)c2cc(-c3ccc(N(c4ccccc4)c4ccccc4)s3)c3c4c(cc(-c5ccc(N(c6ccccc6)c6ccccc6)s5)c(c24)C1=O)C(=O)N(CC(CC)CCCC)C3=O. The van der Waals surface area contributed by atoms with Crippen LogP contribution >= 0.6 is 22.7 Å². The van der Waals surface area contributed by atoms with E-state index in [2.05, 4.69) is 98.2 Å². The zero-order valence-electron chi connectivity index (χ0n) is 41.5. The highest BCUT2D eigenvalue weighted by Crippen LogP contribution is 2.51. The Morgan fingerprint density at radius 1 is 0.417 bits per heavy atom. The molecular weight excluding hydrogens is 929 g/mol. The van der Waals surface area contributed by atoms with Crippen LogP contribution < -0.4 is 9.80 Å². The fourth-order valence-corrected chi connectivity index (χ4v) is 12.7.